The fraction of sp³-hybridized carbons (Fsp3) is 0.560. The number of hydrogen-bond donors (Lipinski definition) is 2. The lowest BCUT2D eigenvalue weighted by atomic mass is 9.95. The number of hydrogen-bond acceptors (Lipinski definition) is 8. The normalized spacial score (nSPS) is 25.8. The lowest BCUT2D eigenvalue weighted by Crippen LogP contribution is -2.61. The first-order valence-corrected chi connectivity index (χ1v) is 14.2. The van der Waals surface area contributed by atoms with Gasteiger partial charge in [0.2, 0.25) is 10.0 Å². The Balaban J connectivity index is 1.62. The molecule has 0 spiro atoms. The Morgan fingerprint density at radius 2 is 1.84 bits per heavy atom. The molecule has 3 aliphatic rings. The van der Waals surface area contributed by atoms with Crippen LogP contribution in [-0.4, -0.2) is 104 Å². The van der Waals surface area contributed by atoms with Crippen molar-refractivity contribution < 1.29 is 36.5 Å². The number of anilines is 1. The molecule has 1 aromatic rings. The summed E-state index contributed by atoms with van der Waals surface area (Å²) < 4.78 is 73.9. The van der Waals surface area contributed by atoms with Crippen molar-refractivity contribution in [1.29, 1.82) is 0 Å². The first-order chi connectivity index (χ1) is 17.9. The highest BCUT2D eigenvalue weighted by atomic mass is 32.2. The molecular weight excluding hydrogens is 543 g/mol. The molecule has 0 saturated carbocycles. The smallest absolute Gasteiger partial charge is 0.395 e. The molecule has 38 heavy (non-hydrogen) atoms. The average molecular weight is 576 g/mol. The zero-order valence-corrected chi connectivity index (χ0v) is 22.6. The molecule has 2 saturated heterocycles. The van der Waals surface area contributed by atoms with Crippen LogP contribution in [0, 0.1) is 0 Å². The van der Waals surface area contributed by atoms with Crippen LogP contribution in [0.3, 0.4) is 0 Å². The number of piperazine rings is 1. The molecule has 0 unspecified atom stereocenters. The number of sulfonamides is 1. The molecule has 0 bridgehead atoms. The standard InChI is InChI=1S/C25H32F3N3O5S2/c1-24(33,25(26,27)28)18-6-8-19(9-7-18)31-11-10-30(38(34,35)23-5-3-2-4-22(23)37)15-20(31)14-29-12-13-36-17-21(29)16-32/h2-3,5-9,20-21,32-33H,4,10-17H2,1H3/t20-,21+,24+/m1/s1. The Labute approximate surface area is 226 Å². The highest BCUT2D eigenvalue weighted by molar-refractivity contribution is 7.96. The summed E-state index contributed by atoms with van der Waals surface area (Å²) >= 11 is 5.32. The van der Waals surface area contributed by atoms with Crippen LogP contribution in [0.1, 0.15) is 18.9 Å². The molecule has 2 fully saturated rings. The zero-order valence-electron chi connectivity index (χ0n) is 21.0. The van der Waals surface area contributed by atoms with E-state index in [9.17, 15) is 31.8 Å². The predicted octanol–water partition coefficient (Wildman–Crippen LogP) is 2.18. The van der Waals surface area contributed by atoms with Crippen molar-refractivity contribution in [2.24, 2.45) is 0 Å². The van der Waals surface area contributed by atoms with Crippen molar-refractivity contribution in [3.8, 4) is 0 Å². The maximum Gasteiger partial charge on any atom is 0.421 e. The summed E-state index contributed by atoms with van der Waals surface area (Å²) in [6.45, 7) is 2.95. The molecule has 3 atom stereocenters. The van der Waals surface area contributed by atoms with Gasteiger partial charge < -0.3 is 19.8 Å². The van der Waals surface area contributed by atoms with E-state index in [1.807, 2.05) is 9.80 Å². The van der Waals surface area contributed by atoms with Crippen LogP contribution in [0.5, 0.6) is 0 Å². The topological polar surface area (TPSA) is 93.6 Å². The van der Waals surface area contributed by atoms with E-state index in [1.54, 1.807) is 12.2 Å². The van der Waals surface area contributed by atoms with Crippen LogP contribution >= 0.6 is 12.2 Å². The number of allylic oxidation sites excluding steroid dienone is 4. The Morgan fingerprint density at radius 3 is 2.47 bits per heavy atom. The molecule has 2 heterocycles. The quantitative estimate of drug-likeness (QED) is 0.478. The minimum atomic E-state index is -4.84. The number of aliphatic hydroxyl groups is 2. The number of benzene rings is 1. The maximum atomic E-state index is 13.5. The summed E-state index contributed by atoms with van der Waals surface area (Å²) in [6, 6.07) is 4.89. The zero-order chi connectivity index (χ0) is 27.7. The lowest BCUT2D eigenvalue weighted by molar-refractivity contribution is -0.258. The number of aliphatic hydroxyl groups excluding tert-OH is 1. The van der Waals surface area contributed by atoms with E-state index in [4.69, 9.17) is 17.0 Å². The Morgan fingerprint density at radius 1 is 1.13 bits per heavy atom. The number of ether oxygens (including phenoxy) is 1. The molecule has 1 aromatic carbocycles. The number of morpholine rings is 1. The summed E-state index contributed by atoms with van der Waals surface area (Å²) in [7, 11) is -3.85. The second-order valence-corrected chi connectivity index (χ2v) is 12.2. The number of thiocarbonyl (C=S) groups is 1. The number of rotatable bonds is 7. The third kappa shape index (κ3) is 5.83. The van der Waals surface area contributed by atoms with Crippen molar-refractivity contribution >= 4 is 32.8 Å². The Hall–Kier alpha value is -1.87. The van der Waals surface area contributed by atoms with Crippen LogP contribution in [0.2, 0.25) is 0 Å². The van der Waals surface area contributed by atoms with Crippen LogP contribution in [-0.2, 0) is 20.4 Å². The van der Waals surface area contributed by atoms with Gasteiger partial charge in [-0.1, -0.05) is 36.5 Å². The van der Waals surface area contributed by atoms with Crippen molar-refractivity contribution in [1.82, 2.24) is 9.21 Å². The Kier molecular flexibility index (Phi) is 8.67. The van der Waals surface area contributed by atoms with Crippen molar-refractivity contribution in [3.63, 3.8) is 0 Å². The van der Waals surface area contributed by atoms with Gasteiger partial charge in [0.15, 0.2) is 5.60 Å². The summed E-state index contributed by atoms with van der Waals surface area (Å²) in [5, 5.41) is 19.9. The minimum Gasteiger partial charge on any atom is -0.395 e. The molecule has 1 aliphatic carbocycles. The van der Waals surface area contributed by atoms with Crippen LogP contribution < -0.4 is 4.90 Å². The van der Waals surface area contributed by atoms with E-state index in [0.717, 1.165) is 0 Å². The molecule has 2 aliphatic heterocycles. The molecule has 4 rings (SSSR count). The van der Waals surface area contributed by atoms with Crippen LogP contribution in [0.4, 0.5) is 18.9 Å². The van der Waals surface area contributed by atoms with Crippen molar-refractivity contribution in [2.45, 2.75) is 37.2 Å². The predicted molar refractivity (Wildman–Crippen MR) is 141 cm³/mol. The molecule has 0 aromatic heterocycles. The molecule has 0 radical (unpaired) electrons. The van der Waals surface area contributed by atoms with Crippen molar-refractivity contribution in [2.75, 3.05) is 57.4 Å². The summed E-state index contributed by atoms with van der Waals surface area (Å²) in [6.07, 6.45) is 0.528. The molecule has 13 heteroatoms. The van der Waals surface area contributed by atoms with Gasteiger partial charge in [0, 0.05) is 49.7 Å². The first-order valence-electron chi connectivity index (χ1n) is 12.4. The van der Waals surface area contributed by atoms with Gasteiger partial charge in [-0.3, -0.25) is 4.90 Å². The second kappa shape index (κ2) is 11.3. The third-order valence-corrected chi connectivity index (χ3v) is 9.81. The van der Waals surface area contributed by atoms with Gasteiger partial charge in [-0.15, -0.1) is 0 Å². The second-order valence-electron chi connectivity index (χ2n) is 9.82. The van der Waals surface area contributed by atoms with E-state index < -0.39 is 21.8 Å². The van der Waals surface area contributed by atoms with Gasteiger partial charge >= 0.3 is 6.18 Å². The number of nitrogens with zero attached hydrogens (tertiary/aromatic N) is 3. The SMILES string of the molecule is C[C@](O)(c1ccc(N2CCN(S(=O)(=O)C3=CC=CCC3=S)C[C@H]2CN2CCOC[C@@H]2CO)cc1)C(F)(F)F. The first kappa shape index (κ1) is 29.1. The fourth-order valence-electron chi connectivity index (χ4n) is 4.94. The summed E-state index contributed by atoms with van der Waals surface area (Å²) in [5.41, 5.74) is -2.68. The highest BCUT2D eigenvalue weighted by Gasteiger charge is 2.51. The summed E-state index contributed by atoms with van der Waals surface area (Å²) in [5.74, 6) is 0. The molecule has 2 N–H and O–H groups in total. The van der Waals surface area contributed by atoms with E-state index >= 15 is 0 Å². The van der Waals surface area contributed by atoms with E-state index in [0.29, 0.717) is 56.7 Å². The van der Waals surface area contributed by atoms with Gasteiger partial charge in [0.1, 0.15) is 0 Å². The maximum absolute atomic E-state index is 13.5. The highest BCUT2D eigenvalue weighted by Crippen LogP contribution is 2.39. The van der Waals surface area contributed by atoms with Gasteiger partial charge in [-0.2, -0.15) is 17.5 Å². The molecule has 8 nitrogen and oxygen atoms in total. The van der Waals surface area contributed by atoms with Crippen LogP contribution in [0.15, 0.2) is 47.4 Å². The monoisotopic (exact) mass is 575 g/mol. The van der Waals surface area contributed by atoms with E-state index in [1.165, 1.54) is 34.6 Å². The molecular formula is C25H32F3N3O5S2. The molecule has 0 amide bonds. The summed E-state index contributed by atoms with van der Waals surface area (Å²) in [4.78, 5) is 4.48. The van der Waals surface area contributed by atoms with Gasteiger partial charge in [-0.25, -0.2) is 8.42 Å². The largest absolute Gasteiger partial charge is 0.421 e. The van der Waals surface area contributed by atoms with Crippen molar-refractivity contribution in [3.05, 3.63) is 53.0 Å². The third-order valence-electron chi connectivity index (χ3n) is 7.34. The van der Waals surface area contributed by atoms with Gasteiger partial charge in [0.05, 0.1) is 36.8 Å². The van der Waals surface area contributed by atoms with Gasteiger partial charge in [0.25, 0.3) is 0 Å². The van der Waals surface area contributed by atoms with E-state index in [2.05, 4.69) is 0 Å². The minimum absolute atomic E-state index is 0.112. The van der Waals surface area contributed by atoms with E-state index in [-0.39, 0.29) is 42.2 Å². The van der Waals surface area contributed by atoms with Crippen LogP contribution in [0.25, 0.3) is 0 Å². The Bertz CT molecular complexity index is 1190. The lowest BCUT2D eigenvalue weighted by Gasteiger charge is -2.46. The molecule has 210 valence electrons. The number of alkyl halides is 3. The van der Waals surface area contributed by atoms with Gasteiger partial charge in [-0.05, 0) is 30.7 Å². The fourth-order valence-corrected chi connectivity index (χ4v) is 7.01. The number of halogens is 3. The average Bonchev–Trinajstić information content (AvgIpc) is 2.88.